The number of hydrogen-bond donors (Lipinski definition) is 3. The second kappa shape index (κ2) is 6.02. The molecule has 2 rings (SSSR count). The van der Waals surface area contributed by atoms with Crippen LogP contribution in [0.15, 0.2) is 24.3 Å². The lowest BCUT2D eigenvalue weighted by Crippen LogP contribution is -2.50. The number of benzene rings is 1. The van der Waals surface area contributed by atoms with E-state index in [1.165, 1.54) is 25.1 Å². The van der Waals surface area contributed by atoms with Gasteiger partial charge in [-0.3, -0.25) is 9.59 Å². The van der Waals surface area contributed by atoms with Crippen LogP contribution in [0.25, 0.3) is 0 Å². The zero-order valence-corrected chi connectivity index (χ0v) is 11.4. The smallest absolute Gasteiger partial charge is 0.337 e. The predicted molar refractivity (Wildman–Crippen MR) is 74.0 cm³/mol. The van der Waals surface area contributed by atoms with Gasteiger partial charge < -0.3 is 15.5 Å². The van der Waals surface area contributed by atoms with Gasteiger partial charge in [-0.25, -0.2) is 9.69 Å². The van der Waals surface area contributed by atoms with Gasteiger partial charge in [-0.05, 0) is 25.1 Å². The number of hydrogen-bond acceptors (Lipinski definition) is 5. The highest BCUT2D eigenvalue weighted by molar-refractivity contribution is 6.18. The fourth-order valence-electron chi connectivity index (χ4n) is 2.37. The van der Waals surface area contributed by atoms with Crippen LogP contribution < -0.4 is 10.2 Å². The number of nitrogens with one attached hydrogen (secondary N) is 1. The molecule has 3 N–H and O–H groups in total. The first kappa shape index (κ1) is 15.1. The fourth-order valence-corrected chi connectivity index (χ4v) is 2.37. The SMILES string of the molecule is CC(=O)N(C(=O)[C@H]1NCCC1O)c1ccccc1C(=O)O. The summed E-state index contributed by atoms with van der Waals surface area (Å²) in [5.41, 5.74) is -0.142. The fraction of sp³-hybridized carbons (Fsp3) is 0.357. The van der Waals surface area contributed by atoms with Crippen molar-refractivity contribution in [3.8, 4) is 0 Å². The Hall–Kier alpha value is -2.25. The van der Waals surface area contributed by atoms with Crippen LogP contribution in [0.4, 0.5) is 5.69 Å². The first-order valence-electron chi connectivity index (χ1n) is 6.51. The molecule has 112 valence electrons. The summed E-state index contributed by atoms with van der Waals surface area (Å²) in [6.07, 6.45) is -0.487. The maximum absolute atomic E-state index is 12.5. The molecule has 1 saturated heterocycles. The molecule has 0 spiro atoms. The Morgan fingerprint density at radius 2 is 1.95 bits per heavy atom. The van der Waals surface area contributed by atoms with E-state index in [1.54, 1.807) is 6.07 Å². The molecule has 0 bridgehead atoms. The second-order valence-corrected chi connectivity index (χ2v) is 4.80. The van der Waals surface area contributed by atoms with Crippen LogP contribution in [0, 0.1) is 0 Å². The van der Waals surface area contributed by atoms with Crippen LogP contribution >= 0.6 is 0 Å². The molecule has 2 atom stereocenters. The van der Waals surface area contributed by atoms with Crippen LogP contribution in [-0.4, -0.2) is 46.7 Å². The van der Waals surface area contributed by atoms with Gasteiger partial charge in [-0.2, -0.15) is 0 Å². The molecule has 1 aromatic rings. The van der Waals surface area contributed by atoms with E-state index >= 15 is 0 Å². The maximum atomic E-state index is 12.5. The van der Waals surface area contributed by atoms with Crippen molar-refractivity contribution in [2.45, 2.75) is 25.5 Å². The minimum Gasteiger partial charge on any atom is -0.478 e. The molecule has 2 amide bonds. The zero-order valence-electron chi connectivity index (χ0n) is 11.4. The number of rotatable bonds is 3. The molecule has 0 radical (unpaired) electrons. The summed E-state index contributed by atoms with van der Waals surface area (Å²) in [5, 5.41) is 21.8. The maximum Gasteiger partial charge on any atom is 0.337 e. The second-order valence-electron chi connectivity index (χ2n) is 4.80. The first-order valence-corrected chi connectivity index (χ1v) is 6.51. The highest BCUT2D eigenvalue weighted by atomic mass is 16.4. The number of anilines is 1. The molecule has 1 heterocycles. The summed E-state index contributed by atoms with van der Waals surface area (Å²) in [7, 11) is 0. The lowest BCUT2D eigenvalue weighted by molar-refractivity contribution is -0.127. The van der Waals surface area contributed by atoms with Gasteiger partial charge in [0.2, 0.25) is 5.91 Å². The number of aliphatic hydroxyl groups is 1. The first-order chi connectivity index (χ1) is 9.93. The van der Waals surface area contributed by atoms with Crippen LogP contribution in [0.5, 0.6) is 0 Å². The third-order valence-corrected chi connectivity index (χ3v) is 3.37. The third kappa shape index (κ3) is 2.93. The van der Waals surface area contributed by atoms with Crippen molar-refractivity contribution in [2.75, 3.05) is 11.4 Å². The zero-order chi connectivity index (χ0) is 15.6. The lowest BCUT2D eigenvalue weighted by Gasteiger charge is -2.25. The number of imide groups is 1. The number of carboxylic acids is 1. The van der Waals surface area contributed by atoms with Crippen LogP contribution in [-0.2, 0) is 9.59 Å². The summed E-state index contributed by atoms with van der Waals surface area (Å²) in [5.74, 6) is -2.49. The van der Waals surface area contributed by atoms with Gasteiger partial charge >= 0.3 is 5.97 Å². The predicted octanol–water partition coefficient (Wildman–Crippen LogP) is -0.0129. The quantitative estimate of drug-likeness (QED) is 0.723. The molecule has 0 aromatic heterocycles. The molecule has 7 heteroatoms. The average molecular weight is 292 g/mol. The van der Waals surface area contributed by atoms with E-state index in [2.05, 4.69) is 5.32 Å². The van der Waals surface area contributed by atoms with Crippen molar-refractivity contribution < 1.29 is 24.6 Å². The van der Waals surface area contributed by atoms with Gasteiger partial charge in [0.1, 0.15) is 6.04 Å². The summed E-state index contributed by atoms with van der Waals surface area (Å²) < 4.78 is 0. The van der Waals surface area contributed by atoms with E-state index in [9.17, 15) is 24.6 Å². The molecule has 1 aromatic carbocycles. The van der Waals surface area contributed by atoms with E-state index in [-0.39, 0.29) is 11.3 Å². The van der Waals surface area contributed by atoms with E-state index in [4.69, 9.17) is 0 Å². The molecule has 7 nitrogen and oxygen atoms in total. The summed E-state index contributed by atoms with van der Waals surface area (Å²) >= 11 is 0. The Morgan fingerprint density at radius 1 is 1.29 bits per heavy atom. The van der Waals surface area contributed by atoms with Crippen LogP contribution in [0.3, 0.4) is 0 Å². The number of amides is 2. The van der Waals surface area contributed by atoms with Crippen molar-refractivity contribution in [3.05, 3.63) is 29.8 Å². The normalized spacial score (nSPS) is 21.0. The standard InChI is InChI=1S/C14H16N2O5/c1-8(17)16(13(19)12-11(18)6-7-15-12)10-5-3-2-4-9(10)14(20)21/h2-5,11-12,15,18H,6-7H2,1H3,(H,20,21)/t11?,12-/m0/s1. The van der Waals surface area contributed by atoms with E-state index in [1.807, 2.05) is 0 Å². The molecule has 0 saturated carbocycles. The van der Waals surface area contributed by atoms with E-state index < -0.39 is 29.9 Å². The number of nitrogens with zero attached hydrogens (tertiary/aromatic N) is 1. The van der Waals surface area contributed by atoms with Gasteiger partial charge in [-0.1, -0.05) is 12.1 Å². The Kier molecular flexibility index (Phi) is 4.35. The topological polar surface area (TPSA) is 107 Å². The summed E-state index contributed by atoms with van der Waals surface area (Å²) in [6, 6.07) is 4.86. The Bertz CT molecular complexity index is 586. The van der Waals surface area contributed by atoms with E-state index in [0.29, 0.717) is 13.0 Å². The van der Waals surface area contributed by atoms with Gasteiger partial charge in [0.05, 0.1) is 17.4 Å². The minimum atomic E-state index is -1.23. The highest BCUT2D eigenvalue weighted by Crippen LogP contribution is 2.23. The van der Waals surface area contributed by atoms with Crippen molar-refractivity contribution in [1.29, 1.82) is 0 Å². The van der Waals surface area contributed by atoms with Crippen molar-refractivity contribution in [2.24, 2.45) is 0 Å². The molecule has 1 aliphatic rings. The largest absolute Gasteiger partial charge is 0.478 e. The summed E-state index contributed by atoms with van der Waals surface area (Å²) in [4.78, 5) is 36.3. The van der Waals surface area contributed by atoms with Crippen molar-refractivity contribution >= 4 is 23.5 Å². The number of para-hydroxylation sites is 1. The Balaban J connectivity index is 2.43. The van der Waals surface area contributed by atoms with Gasteiger partial charge in [-0.15, -0.1) is 0 Å². The monoisotopic (exact) mass is 292 g/mol. The van der Waals surface area contributed by atoms with Crippen LogP contribution in [0.2, 0.25) is 0 Å². The van der Waals surface area contributed by atoms with E-state index in [0.717, 1.165) is 4.90 Å². The highest BCUT2D eigenvalue weighted by Gasteiger charge is 2.37. The van der Waals surface area contributed by atoms with Gasteiger partial charge in [0.15, 0.2) is 0 Å². The molecule has 1 aliphatic heterocycles. The minimum absolute atomic E-state index is 0.00315. The van der Waals surface area contributed by atoms with Gasteiger partial charge in [0.25, 0.3) is 5.91 Å². The number of carbonyl (C=O) groups excluding carboxylic acids is 2. The van der Waals surface area contributed by atoms with Crippen molar-refractivity contribution in [1.82, 2.24) is 5.32 Å². The molecule has 1 unspecified atom stereocenters. The van der Waals surface area contributed by atoms with Gasteiger partial charge in [0, 0.05) is 6.92 Å². The number of aromatic carboxylic acids is 1. The summed E-state index contributed by atoms with van der Waals surface area (Å²) in [6.45, 7) is 1.64. The molecular formula is C14H16N2O5. The lowest BCUT2D eigenvalue weighted by atomic mass is 10.1. The molecule has 21 heavy (non-hydrogen) atoms. The van der Waals surface area contributed by atoms with Crippen LogP contribution in [0.1, 0.15) is 23.7 Å². The van der Waals surface area contributed by atoms with Crippen molar-refractivity contribution in [3.63, 3.8) is 0 Å². The number of carbonyl (C=O) groups is 3. The Labute approximate surface area is 121 Å². The Morgan fingerprint density at radius 3 is 2.48 bits per heavy atom. The number of aliphatic hydroxyl groups excluding tert-OH is 1. The number of carboxylic acid groups (broad SMARTS) is 1. The molecular weight excluding hydrogens is 276 g/mol. The molecule has 0 aliphatic carbocycles. The third-order valence-electron chi connectivity index (χ3n) is 3.37. The average Bonchev–Trinajstić information content (AvgIpc) is 2.85. The molecule has 1 fully saturated rings.